The molecule has 0 fully saturated rings. The van der Waals surface area contributed by atoms with Crippen LogP contribution in [0.3, 0.4) is 0 Å². The van der Waals surface area contributed by atoms with Gasteiger partial charge in [-0.15, -0.1) is 0 Å². The van der Waals surface area contributed by atoms with E-state index in [0.717, 1.165) is 35.4 Å². The van der Waals surface area contributed by atoms with E-state index in [0.29, 0.717) is 32.0 Å². The first-order valence-corrected chi connectivity index (χ1v) is 14.8. The fourth-order valence-electron chi connectivity index (χ4n) is 4.27. The highest BCUT2D eigenvalue weighted by atomic mass is 32.2. The first kappa shape index (κ1) is 23.9. The Morgan fingerprint density at radius 1 is 0.868 bits per heavy atom. The number of sulfone groups is 1. The Hall–Kier alpha value is -4.43. The summed E-state index contributed by atoms with van der Waals surface area (Å²) in [7, 11) is -7.98. The van der Waals surface area contributed by atoms with E-state index in [1.54, 1.807) is 24.3 Å². The van der Waals surface area contributed by atoms with Crippen molar-refractivity contribution in [2.24, 2.45) is 0 Å². The quantitative estimate of drug-likeness (QED) is 0.330. The number of nitrogens with zero attached hydrogens (tertiary/aromatic N) is 5. The van der Waals surface area contributed by atoms with Crippen LogP contribution in [0, 0.1) is 5.82 Å². The zero-order valence-corrected chi connectivity index (χ0v) is 21.5. The maximum atomic E-state index is 13.5. The van der Waals surface area contributed by atoms with Gasteiger partial charge >= 0.3 is 0 Å². The molecule has 0 bridgehead atoms. The van der Waals surface area contributed by atoms with Crippen molar-refractivity contribution in [3.63, 3.8) is 0 Å². The van der Waals surface area contributed by atoms with E-state index < -0.39 is 25.0 Å². The van der Waals surface area contributed by atoms with Crippen molar-refractivity contribution in [3.8, 4) is 34.0 Å². The number of hydrogen-bond donors (Lipinski definition) is 2. The van der Waals surface area contributed by atoms with Gasteiger partial charge in [0.05, 0.1) is 34.7 Å². The molecule has 14 heteroatoms. The maximum Gasteiger partial charge on any atom is 0.241 e. The summed E-state index contributed by atoms with van der Waals surface area (Å²) < 4.78 is 63.5. The second-order valence-corrected chi connectivity index (χ2v) is 12.4. The minimum absolute atomic E-state index is 0.00910. The summed E-state index contributed by atoms with van der Waals surface area (Å²) in [5.74, 6) is 0.0632. The highest BCUT2D eigenvalue weighted by Gasteiger charge is 2.27. The lowest BCUT2D eigenvalue weighted by Gasteiger charge is -2.08. The summed E-state index contributed by atoms with van der Waals surface area (Å²) >= 11 is 0. The van der Waals surface area contributed by atoms with Crippen molar-refractivity contribution in [2.75, 3.05) is 12.5 Å². The topological polar surface area (TPSA) is 156 Å². The summed E-state index contributed by atoms with van der Waals surface area (Å²) in [6, 6.07) is 14.9. The predicted molar refractivity (Wildman–Crippen MR) is 139 cm³/mol. The van der Waals surface area contributed by atoms with Crippen LogP contribution in [0.1, 0.15) is 0 Å². The SMILES string of the molecule is CS(=O)(=O)c1ncc(-c2ccc3[nH]nc(-c4nc5c(-c6ccc(F)cc6)cccc5[nH]4)c3n2)n1S(C)(=O)=O. The Morgan fingerprint density at radius 3 is 2.34 bits per heavy atom. The average molecular weight is 552 g/mol. The zero-order chi connectivity index (χ0) is 26.8. The molecule has 0 radical (unpaired) electrons. The van der Waals surface area contributed by atoms with Crippen molar-refractivity contribution < 1.29 is 21.2 Å². The molecule has 0 unspecified atom stereocenters. The number of nitrogens with one attached hydrogen (secondary N) is 2. The molecule has 0 aliphatic rings. The summed E-state index contributed by atoms with van der Waals surface area (Å²) in [4.78, 5) is 16.4. The number of imidazole rings is 2. The molecule has 0 saturated carbocycles. The fourth-order valence-corrected chi connectivity index (χ4v) is 6.56. The van der Waals surface area contributed by atoms with Gasteiger partial charge in [0, 0.05) is 11.8 Å². The number of pyridine rings is 1. The van der Waals surface area contributed by atoms with Crippen molar-refractivity contribution in [2.45, 2.75) is 5.16 Å². The highest BCUT2D eigenvalue weighted by molar-refractivity contribution is 7.92. The Balaban J connectivity index is 1.52. The predicted octanol–water partition coefficient (Wildman–Crippen LogP) is 3.38. The second-order valence-electron chi connectivity index (χ2n) is 8.68. The van der Waals surface area contributed by atoms with Crippen LogP contribution in [-0.4, -0.2) is 63.5 Å². The van der Waals surface area contributed by atoms with Crippen LogP contribution in [0.4, 0.5) is 4.39 Å². The first-order valence-electron chi connectivity index (χ1n) is 11.1. The molecule has 192 valence electrons. The molecule has 6 rings (SSSR count). The molecule has 0 amide bonds. The van der Waals surface area contributed by atoms with Crippen molar-refractivity contribution >= 4 is 41.9 Å². The number of fused-ring (bicyclic) bond motifs is 2. The molecule has 2 N–H and O–H groups in total. The summed E-state index contributed by atoms with van der Waals surface area (Å²) in [5, 5.41) is 6.64. The number of hydrogen-bond acceptors (Lipinski definition) is 8. The Bertz CT molecular complexity index is 2090. The van der Waals surface area contributed by atoms with E-state index in [-0.39, 0.29) is 17.2 Å². The zero-order valence-electron chi connectivity index (χ0n) is 19.8. The van der Waals surface area contributed by atoms with Gasteiger partial charge in [-0.3, -0.25) is 5.10 Å². The third-order valence-electron chi connectivity index (χ3n) is 5.92. The summed E-state index contributed by atoms with van der Waals surface area (Å²) in [6.07, 6.45) is 2.93. The molecular formula is C24H18FN7O4S2. The van der Waals surface area contributed by atoms with Crippen LogP contribution in [-0.2, 0) is 19.9 Å². The summed E-state index contributed by atoms with van der Waals surface area (Å²) in [6.45, 7) is 0. The van der Waals surface area contributed by atoms with Crippen LogP contribution in [0.25, 0.3) is 56.1 Å². The van der Waals surface area contributed by atoms with Gasteiger partial charge in [-0.25, -0.2) is 40.2 Å². The Labute approximate surface area is 215 Å². The van der Waals surface area contributed by atoms with E-state index in [1.165, 1.54) is 12.1 Å². The molecule has 4 aromatic heterocycles. The van der Waals surface area contributed by atoms with Gasteiger partial charge in [0.2, 0.25) is 25.0 Å². The lowest BCUT2D eigenvalue weighted by Crippen LogP contribution is -2.18. The van der Waals surface area contributed by atoms with E-state index in [2.05, 4.69) is 25.1 Å². The molecule has 0 saturated heterocycles. The van der Waals surface area contributed by atoms with Crippen molar-refractivity contribution in [3.05, 3.63) is 66.6 Å². The second kappa shape index (κ2) is 8.29. The fraction of sp³-hybridized carbons (Fsp3) is 0.0833. The smallest absolute Gasteiger partial charge is 0.241 e. The highest BCUT2D eigenvalue weighted by Crippen LogP contribution is 2.32. The lowest BCUT2D eigenvalue weighted by molar-refractivity contribution is 0.574. The van der Waals surface area contributed by atoms with Crippen LogP contribution in [0.5, 0.6) is 0 Å². The number of para-hydroxylation sites is 1. The Morgan fingerprint density at radius 2 is 1.63 bits per heavy atom. The molecular weight excluding hydrogens is 533 g/mol. The van der Waals surface area contributed by atoms with Gasteiger partial charge in [-0.2, -0.15) is 5.10 Å². The number of aromatic amines is 2. The summed E-state index contributed by atoms with van der Waals surface area (Å²) in [5.41, 5.74) is 4.43. The molecule has 11 nitrogen and oxygen atoms in total. The number of benzene rings is 2. The minimum Gasteiger partial charge on any atom is -0.336 e. The van der Waals surface area contributed by atoms with E-state index in [1.807, 2.05) is 18.2 Å². The molecule has 6 aromatic rings. The molecule has 0 atom stereocenters. The van der Waals surface area contributed by atoms with E-state index >= 15 is 0 Å². The van der Waals surface area contributed by atoms with Crippen LogP contribution < -0.4 is 0 Å². The normalized spacial score (nSPS) is 12.5. The average Bonchev–Trinajstić information content (AvgIpc) is 3.59. The van der Waals surface area contributed by atoms with Crippen molar-refractivity contribution in [1.29, 1.82) is 0 Å². The third-order valence-corrected chi connectivity index (χ3v) is 8.02. The van der Waals surface area contributed by atoms with Crippen LogP contribution >= 0.6 is 0 Å². The molecule has 0 spiro atoms. The van der Waals surface area contributed by atoms with Gasteiger partial charge < -0.3 is 4.98 Å². The molecule has 38 heavy (non-hydrogen) atoms. The van der Waals surface area contributed by atoms with E-state index in [9.17, 15) is 21.2 Å². The monoisotopic (exact) mass is 551 g/mol. The molecule has 0 aliphatic carbocycles. The standard InChI is InChI=1S/C24H18FN7O4S2/c1-37(33,34)24-26-12-19(32(24)38(2,35)36)16-10-11-18-21(27-16)22(31-30-18)23-28-17-5-3-4-15(20(17)29-23)13-6-8-14(25)9-7-13/h3-12H,1-2H3,(H,28,29)(H,30,31). The first-order chi connectivity index (χ1) is 18.0. The number of aromatic nitrogens is 7. The van der Waals surface area contributed by atoms with Crippen molar-refractivity contribution in [1.82, 2.24) is 34.1 Å². The maximum absolute atomic E-state index is 13.5. The molecule has 2 aromatic carbocycles. The number of H-pyrrole nitrogens is 2. The largest absolute Gasteiger partial charge is 0.336 e. The lowest BCUT2D eigenvalue weighted by atomic mass is 10.0. The van der Waals surface area contributed by atoms with Crippen LogP contribution in [0.2, 0.25) is 0 Å². The number of halogens is 1. The Kier molecular flexibility index (Phi) is 5.22. The number of rotatable bonds is 5. The minimum atomic E-state index is -4.04. The van der Waals surface area contributed by atoms with Gasteiger partial charge in [-0.1, -0.05) is 24.3 Å². The van der Waals surface area contributed by atoms with Crippen LogP contribution in [0.15, 0.2) is 66.0 Å². The third kappa shape index (κ3) is 3.94. The molecule has 4 heterocycles. The van der Waals surface area contributed by atoms with Gasteiger partial charge in [0.1, 0.15) is 17.0 Å². The molecule has 0 aliphatic heterocycles. The van der Waals surface area contributed by atoms with Gasteiger partial charge in [0.25, 0.3) is 0 Å². The van der Waals surface area contributed by atoms with Gasteiger partial charge in [0.15, 0.2) is 11.5 Å². The van der Waals surface area contributed by atoms with Gasteiger partial charge in [-0.05, 0) is 35.9 Å². The van der Waals surface area contributed by atoms with E-state index in [4.69, 9.17) is 4.98 Å².